The van der Waals surface area contributed by atoms with Gasteiger partial charge in [0, 0.05) is 19.2 Å². The van der Waals surface area contributed by atoms with E-state index in [0.29, 0.717) is 18.8 Å². The number of anilines is 1. The molecule has 0 saturated heterocycles. The molecule has 6 nitrogen and oxygen atoms in total. The number of aryl methyl sites for hydroxylation is 1. The normalized spacial score (nSPS) is 13.9. The number of amides is 1. The number of para-hydroxylation sites is 2. The summed E-state index contributed by atoms with van der Waals surface area (Å²) in [4.78, 5) is 20.5. The van der Waals surface area contributed by atoms with Crippen molar-refractivity contribution < 1.29 is 14.3 Å². The first-order valence-electron chi connectivity index (χ1n) is 7.45. The smallest absolute Gasteiger partial charge is 0.262 e. The number of hydrogen-bond acceptors (Lipinski definition) is 4. The third-order valence-corrected chi connectivity index (χ3v) is 3.97. The number of aliphatic hydroxyl groups is 1. The number of aromatic nitrogens is 3. The van der Waals surface area contributed by atoms with Gasteiger partial charge in [-0.05, 0) is 24.3 Å². The molecule has 1 aromatic carbocycles. The Morgan fingerprint density at radius 3 is 2.92 bits per heavy atom. The van der Waals surface area contributed by atoms with Crippen molar-refractivity contribution in [3.05, 3.63) is 60.1 Å². The Morgan fingerprint density at radius 2 is 2.08 bits per heavy atom. The van der Waals surface area contributed by atoms with E-state index >= 15 is 0 Å². The lowest BCUT2D eigenvalue weighted by Gasteiger charge is -2.18. The van der Waals surface area contributed by atoms with E-state index in [1.165, 1.54) is 18.3 Å². The molecular formula is C17H13FN4O2. The minimum atomic E-state index is -0.782. The van der Waals surface area contributed by atoms with E-state index in [-0.39, 0.29) is 17.0 Å². The van der Waals surface area contributed by atoms with Crippen LogP contribution >= 0.6 is 0 Å². The summed E-state index contributed by atoms with van der Waals surface area (Å²) < 4.78 is 15.5. The highest BCUT2D eigenvalue weighted by Crippen LogP contribution is 2.30. The molecule has 0 fully saturated rings. The fourth-order valence-corrected chi connectivity index (χ4v) is 2.86. The van der Waals surface area contributed by atoms with Crippen LogP contribution in [-0.4, -0.2) is 25.5 Å². The van der Waals surface area contributed by atoms with Crippen molar-refractivity contribution in [2.24, 2.45) is 0 Å². The van der Waals surface area contributed by atoms with Crippen LogP contribution in [0, 0.1) is 5.95 Å². The molecule has 2 aromatic heterocycles. The summed E-state index contributed by atoms with van der Waals surface area (Å²) in [5.74, 6) is -1.08. The van der Waals surface area contributed by atoms with Gasteiger partial charge in [-0.15, -0.1) is 0 Å². The average Bonchev–Trinajstić information content (AvgIpc) is 2.95. The van der Waals surface area contributed by atoms with E-state index in [0.717, 1.165) is 11.0 Å². The summed E-state index contributed by atoms with van der Waals surface area (Å²) in [5, 5.41) is 12.7. The summed E-state index contributed by atoms with van der Waals surface area (Å²) >= 11 is 0. The molecule has 3 heterocycles. The summed E-state index contributed by atoms with van der Waals surface area (Å²) in [7, 11) is 0. The SMILES string of the molecule is O=C(Nc1cccnc1F)C1=C(O)CCn2c1nc1ccccc12. The second kappa shape index (κ2) is 5.45. The van der Waals surface area contributed by atoms with E-state index in [2.05, 4.69) is 15.3 Å². The zero-order chi connectivity index (χ0) is 16.7. The van der Waals surface area contributed by atoms with Crippen LogP contribution in [0.5, 0.6) is 0 Å². The molecule has 0 bridgehead atoms. The second-order valence-electron chi connectivity index (χ2n) is 5.44. The predicted molar refractivity (Wildman–Crippen MR) is 86.7 cm³/mol. The van der Waals surface area contributed by atoms with Crippen molar-refractivity contribution in [3.8, 4) is 0 Å². The van der Waals surface area contributed by atoms with Gasteiger partial charge in [-0.3, -0.25) is 4.79 Å². The lowest BCUT2D eigenvalue weighted by atomic mass is 10.1. The highest BCUT2D eigenvalue weighted by atomic mass is 19.1. The number of hydrogen-bond donors (Lipinski definition) is 2. The number of halogens is 1. The molecule has 1 amide bonds. The van der Waals surface area contributed by atoms with Crippen molar-refractivity contribution in [3.63, 3.8) is 0 Å². The Hall–Kier alpha value is -3.22. The van der Waals surface area contributed by atoms with Gasteiger partial charge in [0.25, 0.3) is 5.91 Å². The number of aliphatic hydroxyl groups excluding tert-OH is 1. The largest absolute Gasteiger partial charge is 0.511 e. The van der Waals surface area contributed by atoms with Crippen LogP contribution in [-0.2, 0) is 11.3 Å². The zero-order valence-corrected chi connectivity index (χ0v) is 12.5. The quantitative estimate of drug-likeness (QED) is 0.710. The molecule has 0 atom stereocenters. The molecule has 7 heteroatoms. The number of imidazole rings is 1. The lowest BCUT2D eigenvalue weighted by Crippen LogP contribution is -2.22. The molecule has 0 unspecified atom stereocenters. The molecule has 2 N–H and O–H groups in total. The number of rotatable bonds is 2. The fraction of sp³-hybridized carbons (Fsp3) is 0.118. The number of pyridine rings is 1. The maximum Gasteiger partial charge on any atom is 0.262 e. The highest BCUT2D eigenvalue weighted by molar-refractivity contribution is 6.25. The predicted octanol–water partition coefficient (Wildman–Crippen LogP) is 2.88. The van der Waals surface area contributed by atoms with Crippen LogP contribution in [0.1, 0.15) is 12.2 Å². The Labute approximate surface area is 136 Å². The lowest BCUT2D eigenvalue weighted by molar-refractivity contribution is -0.111. The summed E-state index contributed by atoms with van der Waals surface area (Å²) in [6.07, 6.45) is 1.60. The number of nitrogens with one attached hydrogen (secondary N) is 1. The molecule has 1 aliphatic heterocycles. The Morgan fingerprint density at radius 1 is 1.25 bits per heavy atom. The van der Waals surface area contributed by atoms with Crippen LogP contribution in [0.2, 0.25) is 0 Å². The maximum absolute atomic E-state index is 13.7. The monoisotopic (exact) mass is 324 g/mol. The topological polar surface area (TPSA) is 80.0 Å². The first kappa shape index (κ1) is 14.4. The van der Waals surface area contributed by atoms with E-state index in [1.54, 1.807) is 0 Å². The van der Waals surface area contributed by atoms with Crippen LogP contribution < -0.4 is 5.32 Å². The number of allylic oxidation sites excluding steroid dienone is 1. The van der Waals surface area contributed by atoms with Crippen molar-refractivity contribution >= 4 is 28.2 Å². The van der Waals surface area contributed by atoms with E-state index in [1.807, 2.05) is 28.8 Å². The van der Waals surface area contributed by atoms with Crippen molar-refractivity contribution in [1.82, 2.24) is 14.5 Å². The van der Waals surface area contributed by atoms with Gasteiger partial charge in [0.05, 0.1) is 16.7 Å². The van der Waals surface area contributed by atoms with Gasteiger partial charge < -0.3 is 15.0 Å². The molecule has 120 valence electrons. The van der Waals surface area contributed by atoms with Gasteiger partial charge in [0.1, 0.15) is 17.2 Å². The molecule has 1 aliphatic rings. The zero-order valence-electron chi connectivity index (χ0n) is 12.5. The van der Waals surface area contributed by atoms with E-state index in [9.17, 15) is 14.3 Å². The Balaban J connectivity index is 1.78. The first-order chi connectivity index (χ1) is 11.6. The summed E-state index contributed by atoms with van der Waals surface area (Å²) in [5.41, 5.74) is 1.63. The third-order valence-electron chi connectivity index (χ3n) is 3.97. The minimum Gasteiger partial charge on any atom is -0.511 e. The van der Waals surface area contributed by atoms with Gasteiger partial charge in [-0.2, -0.15) is 4.39 Å². The molecule has 24 heavy (non-hydrogen) atoms. The van der Waals surface area contributed by atoms with Gasteiger partial charge in [0.2, 0.25) is 5.95 Å². The number of carbonyl (C=O) groups is 1. The number of carbonyl (C=O) groups excluding carboxylic acids is 1. The molecular weight excluding hydrogens is 311 g/mol. The van der Waals surface area contributed by atoms with Crippen LogP contribution in [0.25, 0.3) is 16.6 Å². The van der Waals surface area contributed by atoms with Crippen molar-refractivity contribution in [2.75, 3.05) is 5.32 Å². The van der Waals surface area contributed by atoms with E-state index < -0.39 is 11.9 Å². The van der Waals surface area contributed by atoms with Crippen LogP contribution in [0.3, 0.4) is 0 Å². The summed E-state index contributed by atoms with van der Waals surface area (Å²) in [6.45, 7) is 0.527. The van der Waals surface area contributed by atoms with Gasteiger partial charge >= 0.3 is 0 Å². The molecule has 4 rings (SSSR count). The molecule has 0 radical (unpaired) electrons. The average molecular weight is 324 g/mol. The number of benzene rings is 1. The van der Waals surface area contributed by atoms with Gasteiger partial charge in [-0.25, -0.2) is 9.97 Å². The van der Waals surface area contributed by atoms with Gasteiger partial charge in [0.15, 0.2) is 0 Å². The highest BCUT2D eigenvalue weighted by Gasteiger charge is 2.28. The Bertz CT molecular complexity index is 993. The minimum absolute atomic E-state index is 0.0453. The second-order valence-corrected chi connectivity index (χ2v) is 5.44. The standard InChI is InChI=1S/C17H13FN4O2/c18-15-11(5-3-8-19-15)21-17(24)14-13(23)7-9-22-12-6-2-1-4-10(12)20-16(14)22/h1-6,8,23H,7,9H2,(H,21,24). The summed E-state index contributed by atoms with van der Waals surface area (Å²) in [6, 6.07) is 10.4. The Kier molecular flexibility index (Phi) is 3.26. The van der Waals surface area contributed by atoms with E-state index in [4.69, 9.17) is 0 Å². The third kappa shape index (κ3) is 2.21. The molecule has 0 aliphatic carbocycles. The first-order valence-corrected chi connectivity index (χ1v) is 7.45. The van der Waals surface area contributed by atoms with Crippen LogP contribution in [0.4, 0.5) is 10.1 Å². The molecule has 3 aromatic rings. The molecule has 0 spiro atoms. The van der Waals surface area contributed by atoms with Crippen LogP contribution in [0.15, 0.2) is 48.4 Å². The van der Waals surface area contributed by atoms with Gasteiger partial charge in [-0.1, -0.05) is 12.1 Å². The number of fused-ring (bicyclic) bond motifs is 3. The maximum atomic E-state index is 13.7. The van der Waals surface area contributed by atoms with Crippen molar-refractivity contribution in [1.29, 1.82) is 0 Å². The van der Waals surface area contributed by atoms with Crippen molar-refractivity contribution in [2.45, 2.75) is 13.0 Å². The fourth-order valence-electron chi connectivity index (χ4n) is 2.86. The molecule has 0 saturated carbocycles. The number of nitrogens with zero attached hydrogens (tertiary/aromatic N) is 3.